The number of nitrogens with zero attached hydrogens (tertiary/aromatic N) is 3. The second-order valence-electron chi connectivity index (χ2n) is 3.68. The van der Waals surface area contributed by atoms with E-state index in [9.17, 15) is 8.78 Å². The molecule has 0 aliphatic carbocycles. The van der Waals surface area contributed by atoms with Crippen LogP contribution in [-0.4, -0.2) is 14.8 Å². The fraction of sp³-hybridized carbons (Fsp3) is 0.273. The van der Waals surface area contributed by atoms with E-state index in [0.717, 1.165) is 11.9 Å². The van der Waals surface area contributed by atoms with E-state index in [1.807, 2.05) is 14.0 Å². The van der Waals surface area contributed by atoms with Gasteiger partial charge in [0.1, 0.15) is 5.82 Å². The molecule has 0 saturated carbocycles. The van der Waals surface area contributed by atoms with Crippen molar-refractivity contribution in [1.82, 2.24) is 14.8 Å². The molecule has 0 aliphatic rings. The Morgan fingerprint density at radius 3 is 2.71 bits per heavy atom. The molecule has 2 rings (SSSR count). The number of rotatable bonds is 3. The Kier molecular flexibility index (Phi) is 3.03. The first kappa shape index (κ1) is 11.5. The Bertz CT molecular complexity index is 536. The van der Waals surface area contributed by atoms with Crippen LogP contribution >= 0.6 is 0 Å². The third kappa shape index (κ3) is 2.25. The molecule has 0 saturated heterocycles. The van der Waals surface area contributed by atoms with Crippen LogP contribution in [0.5, 0.6) is 0 Å². The molecule has 0 fully saturated rings. The molecule has 0 bridgehead atoms. The standard InChI is InChI=1S/C11H12F2N4/c1-7-15-16-10(17(7)2)6-14-9-5-3-4-8(12)11(9)13/h3-5,14H,6H2,1-2H3. The minimum absolute atomic E-state index is 0.116. The summed E-state index contributed by atoms with van der Waals surface area (Å²) in [4.78, 5) is 0. The summed E-state index contributed by atoms with van der Waals surface area (Å²) < 4.78 is 28.1. The van der Waals surface area contributed by atoms with E-state index >= 15 is 0 Å². The van der Waals surface area contributed by atoms with Crippen LogP contribution in [0, 0.1) is 18.6 Å². The molecular weight excluding hydrogens is 226 g/mol. The highest BCUT2D eigenvalue weighted by atomic mass is 19.2. The summed E-state index contributed by atoms with van der Waals surface area (Å²) in [5, 5.41) is 10.6. The van der Waals surface area contributed by atoms with Gasteiger partial charge in [0.25, 0.3) is 0 Å². The van der Waals surface area contributed by atoms with Crippen molar-refractivity contribution in [3.63, 3.8) is 0 Å². The molecule has 17 heavy (non-hydrogen) atoms. The summed E-state index contributed by atoms with van der Waals surface area (Å²) in [5.41, 5.74) is 0.116. The Hall–Kier alpha value is -1.98. The van der Waals surface area contributed by atoms with Gasteiger partial charge in [0.15, 0.2) is 17.5 Å². The normalized spacial score (nSPS) is 10.6. The molecule has 1 N–H and O–H groups in total. The van der Waals surface area contributed by atoms with Gasteiger partial charge in [-0.3, -0.25) is 0 Å². The first-order chi connectivity index (χ1) is 8.09. The van der Waals surface area contributed by atoms with Gasteiger partial charge in [-0.1, -0.05) is 6.07 Å². The van der Waals surface area contributed by atoms with Gasteiger partial charge < -0.3 is 9.88 Å². The molecule has 0 aliphatic heterocycles. The molecule has 0 radical (unpaired) electrons. The predicted octanol–water partition coefficient (Wildman–Crippen LogP) is 2.01. The van der Waals surface area contributed by atoms with Crippen molar-refractivity contribution in [2.24, 2.45) is 7.05 Å². The van der Waals surface area contributed by atoms with Crippen molar-refractivity contribution in [2.45, 2.75) is 13.5 Å². The van der Waals surface area contributed by atoms with Gasteiger partial charge >= 0.3 is 0 Å². The third-order valence-electron chi connectivity index (χ3n) is 2.57. The maximum atomic E-state index is 13.3. The van der Waals surface area contributed by atoms with E-state index in [0.29, 0.717) is 5.82 Å². The van der Waals surface area contributed by atoms with Crippen LogP contribution < -0.4 is 5.32 Å². The highest BCUT2D eigenvalue weighted by Crippen LogP contribution is 2.17. The van der Waals surface area contributed by atoms with Crippen molar-refractivity contribution in [3.05, 3.63) is 41.5 Å². The van der Waals surface area contributed by atoms with Crippen molar-refractivity contribution < 1.29 is 8.78 Å². The van der Waals surface area contributed by atoms with Crippen molar-refractivity contribution >= 4 is 5.69 Å². The fourth-order valence-electron chi connectivity index (χ4n) is 1.42. The van der Waals surface area contributed by atoms with Crippen LogP contribution in [0.3, 0.4) is 0 Å². The van der Waals surface area contributed by atoms with Gasteiger partial charge in [0.2, 0.25) is 0 Å². The third-order valence-corrected chi connectivity index (χ3v) is 2.57. The molecule has 6 heteroatoms. The maximum Gasteiger partial charge on any atom is 0.181 e. The van der Waals surface area contributed by atoms with Crippen LogP contribution in [0.2, 0.25) is 0 Å². The number of anilines is 1. The lowest BCUT2D eigenvalue weighted by atomic mass is 10.3. The number of aromatic nitrogens is 3. The Morgan fingerprint density at radius 2 is 2.06 bits per heavy atom. The Balaban J connectivity index is 2.13. The first-order valence-electron chi connectivity index (χ1n) is 5.12. The first-order valence-corrected chi connectivity index (χ1v) is 5.12. The topological polar surface area (TPSA) is 42.7 Å². The molecule has 0 atom stereocenters. The summed E-state index contributed by atoms with van der Waals surface area (Å²) in [6.07, 6.45) is 0. The van der Waals surface area contributed by atoms with E-state index in [1.165, 1.54) is 12.1 Å². The lowest BCUT2D eigenvalue weighted by molar-refractivity contribution is 0.510. The second-order valence-corrected chi connectivity index (χ2v) is 3.68. The van der Waals surface area contributed by atoms with Gasteiger partial charge in [-0.2, -0.15) is 0 Å². The molecule has 2 aromatic rings. The van der Waals surface area contributed by atoms with Gasteiger partial charge in [0, 0.05) is 7.05 Å². The second kappa shape index (κ2) is 4.48. The largest absolute Gasteiger partial charge is 0.375 e. The van der Waals surface area contributed by atoms with Gasteiger partial charge in [-0.05, 0) is 19.1 Å². The number of benzene rings is 1. The van der Waals surface area contributed by atoms with E-state index < -0.39 is 11.6 Å². The molecule has 1 aromatic carbocycles. The number of halogens is 2. The SMILES string of the molecule is Cc1nnc(CNc2cccc(F)c2F)n1C. The zero-order chi connectivity index (χ0) is 12.4. The minimum Gasteiger partial charge on any atom is -0.375 e. The van der Waals surface area contributed by atoms with Crippen LogP contribution in [0.15, 0.2) is 18.2 Å². The van der Waals surface area contributed by atoms with E-state index in [-0.39, 0.29) is 12.2 Å². The Morgan fingerprint density at radius 1 is 1.29 bits per heavy atom. The van der Waals surface area contributed by atoms with Crippen LogP contribution in [0.1, 0.15) is 11.6 Å². The molecule has 1 heterocycles. The van der Waals surface area contributed by atoms with Gasteiger partial charge in [-0.15, -0.1) is 10.2 Å². The molecule has 0 amide bonds. The zero-order valence-electron chi connectivity index (χ0n) is 9.54. The Labute approximate surface area is 97.3 Å². The number of nitrogens with one attached hydrogen (secondary N) is 1. The van der Waals surface area contributed by atoms with Crippen molar-refractivity contribution in [1.29, 1.82) is 0 Å². The summed E-state index contributed by atoms with van der Waals surface area (Å²) in [7, 11) is 1.81. The summed E-state index contributed by atoms with van der Waals surface area (Å²) in [6.45, 7) is 2.11. The minimum atomic E-state index is -0.883. The lowest BCUT2D eigenvalue weighted by Crippen LogP contribution is -2.08. The smallest absolute Gasteiger partial charge is 0.181 e. The number of hydrogen-bond acceptors (Lipinski definition) is 3. The highest BCUT2D eigenvalue weighted by Gasteiger charge is 2.09. The monoisotopic (exact) mass is 238 g/mol. The predicted molar refractivity (Wildman–Crippen MR) is 59.4 cm³/mol. The average molecular weight is 238 g/mol. The quantitative estimate of drug-likeness (QED) is 0.889. The molecule has 90 valence electrons. The zero-order valence-corrected chi connectivity index (χ0v) is 9.54. The van der Waals surface area contributed by atoms with E-state index in [2.05, 4.69) is 15.5 Å². The van der Waals surface area contributed by atoms with Crippen molar-refractivity contribution in [2.75, 3.05) is 5.32 Å². The van der Waals surface area contributed by atoms with Gasteiger partial charge in [0.05, 0.1) is 12.2 Å². The summed E-state index contributed by atoms with van der Waals surface area (Å²) in [6, 6.07) is 4.00. The van der Waals surface area contributed by atoms with Crippen LogP contribution in [0.25, 0.3) is 0 Å². The summed E-state index contributed by atoms with van der Waals surface area (Å²) in [5.74, 6) is -0.330. The number of aryl methyl sites for hydroxylation is 1. The molecule has 4 nitrogen and oxygen atoms in total. The van der Waals surface area contributed by atoms with Crippen molar-refractivity contribution in [3.8, 4) is 0 Å². The molecule has 1 aromatic heterocycles. The van der Waals surface area contributed by atoms with E-state index in [1.54, 1.807) is 4.57 Å². The number of hydrogen-bond donors (Lipinski definition) is 1. The molecular formula is C11H12F2N4. The maximum absolute atomic E-state index is 13.3. The van der Waals surface area contributed by atoms with Crippen LogP contribution in [-0.2, 0) is 13.6 Å². The molecule has 0 unspecified atom stereocenters. The van der Waals surface area contributed by atoms with E-state index in [4.69, 9.17) is 0 Å². The average Bonchev–Trinajstić information content (AvgIpc) is 2.62. The molecule has 0 spiro atoms. The lowest BCUT2D eigenvalue weighted by Gasteiger charge is -2.07. The summed E-state index contributed by atoms with van der Waals surface area (Å²) >= 11 is 0. The van der Waals surface area contributed by atoms with Crippen LogP contribution in [0.4, 0.5) is 14.5 Å². The van der Waals surface area contributed by atoms with Gasteiger partial charge in [-0.25, -0.2) is 8.78 Å². The fourth-order valence-corrected chi connectivity index (χ4v) is 1.42. The highest BCUT2D eigenvalue weighted by molar-refractivity contribution is 5.44.